The van der Waals surface area contributed by atoms with Crippen LogP contribution in [0.2, 0.25) is 0 Å². The standard InChI is InChI=1S/C11H15F.C11H23N.C10H14O.C9H19NO/c1-9(2)3-4-10-5-7-11(12)8-6-10;1-10(2)6-8-12-7-4-5-11(3)9-12;1-9(2)8-11-10-6-4-3-5-7-10;1-9(2)3-4-10-5-7-11-8-6-10/h5-9H,3-4H2,1-2H3;10-11H,4-9H2,1-3H3;3-7,9H,8H2,1-2H3;9H,3-8H2,1-2H3. The molecule has 264 valence electrons. The first-order chi connectivity index (χ1) is 21.9. The van der Waals surface area contributed by atoms with E-state index in [0.29, 0.717) is 5.92 Å². The highest BCUT2D eigenvalue weighted by Gasteiger charge is 2.15. The number of hydrogen-bond acceptors (Lipinski definition) is 4. The predicted molar refractivity (Wildman–Crippen MR) is 197 cm³/mol. The van der Waals surface area contributed by atoms with Crippen LogP contribution in [0.1, 0.15) is 100.0 Å². The Bertz CT molecular complexity index is 943. The van der Waals surface area contributed by atoms with Gasteiger partial charge in [-0.2, -0.15) is 0 Å². The number of halogens is 1. The molecule has 46 heavy (non-hydrogen) atoms. The molecule has 0 aliphatic carbocycles. The summed E-state index contributed by atoms with van der Waals surface area (Å²) in [4.78, 5) is 5.12. The van der Waals surface area contributed by atoms with Gasteiger partial charge < -0.3 is 14.4 Å². The highest BCUT2D eigenvalue weighted by Crippen LogP contribution is 2.16. The molecule has 2 heterocycles. The van der Waals surface area contributed by atoms with Gasteiger partial charge in [-0.05, 0) is 118 Å². The van der Waals surface area contributed by atoms with Crippen LogP contribution in [-0.4, -0.2) is 68.9 Å². The Labute approximate surface area is 284 Å². The summed E-state index contributed by atoms with van der Waals surface area (Å²) in [5.74, 6) is 4.75. The maximum atomic E-state index is 12.5. The molecular formula is C41H71FN2O2. The van der Waals surface area contributed by atoms with Crippen LogP contribution in [0, 0.1) is 35.4 Å². The summed E-state index contributed by atoms with van der Waals surface area (Å²) < 4.78 is 23.2. The van der Waals surface area contributed by atoms with Crippen LogP contribution in [0.4, 0.5) is 4.39 Å². The fourth-order valence-electron chi connectivity index (χ4n) is 5.08. The van der Waals surface area contributed by atoms with E-state index in [0.717, 1.165) is 68.8 Å². The monoisotopic (exact) mass is 643 g/mol. The van der Waals surface area contributed by atoms with Gasteiger partial charge in [0.1, 0.15) is 11.6 Å². The molecule has 2 aromatic rings. The van der Waals surface area contributed by atoms with Gasteiger partial charge in [0, 0.05) is 19.6 Å². The quantitative estimate of drug-likeness (QED) is 0.230. The van der Waals surface area contributed by atoms with E-state index in [2.05, 4.69) is 72.1 Å². The van der Waals surface area contributed by atoms with Gasteiger partial charge in [0.2, 0.25) is 0 Å². The highest BCUT2D eigenvalue weighted by atomic mass is 19.1. The van der Waals surface area contributed by atoms with Crippen molar-refractivity contribution in [3.8, 4) is 5.75 Å². The number of morpholine rings is 1. The number of hydrogen-bond donors (Lipinski definition) is 0. The molecule has 0 amide bonds. The number of benzene rings is 2. The molecule has 2 saturated heterocycles. The Morgan fingerprint density at radius 3 is 1.80 bits per heavy atom. The third-order valence-corrected chi connectivity index (χ3v) is 8.14. The van der Waals surface area contributed by atoms with E-state index in [-0.39, 0.29) is 5.82 Å². The number of ether oxygens (including phenoxy) is 2. The van der Waals surface area contributed by atoms with Gasteiger partial charge in [-0.1, -0.05) is 92.6 Å². The number of likely N-dealkylation sites (tertiary alicyclic amines) is 1. The smallest absolute Gasteiger partial charge is 0.123 e. The van der Waals surface area contributed by atoms with Crippen LogP contribution in [0.15, 0.2) is 54.6 Å². The van der Waals surface area contributed by atoms with Crippen molar-refractivity contribution in [2.75, 3.05) is 59.1 Å². The van der Waals surface area contributed by atoms with E-state index in [1.165, 1.54) is 76.0 Å². The second kappa shape index (κ2) is 26.1. The van der Waals surface area contributed by atoms with Crippen LogP contribution >= 0.6 is 0 Å². The molecule has 1 unspecified atom stereocenters. The van der Waals surface area contributed by atoms with E-state index in [4.69, 9.17) is 9.47 Å². The molecule has 0 spiro atoms. The molecular weight excluding hydrogens is 571 g/mol. The van der Waals surface area contributed by atoms with Crippen molar-refractivity contribution < 1.29 is 13.9 Å². The van der Waals surface area contributed by atoms with Gasteiger partial charge in [0.25, 0.3) is 0 Å². The summed E-state index contributed by atoms with van der Waals surface area (Å²) in [5, 5.41) is 0. The minimum atomic E-state index is -0.150. The molecule has 5 heteroatoms. The van der Waals surface area contributed by atoms with Crippen molar-refractivity contribution in [3.63, 3.8) is 0 Å². The first kappa shape index (κ1) is 42.1. The van der Waals surface area contributed by atoms with Crippen LogP contribution < -0.4 is 4.74 Å². The molecule has 4 nitrogen and oxygen atoms in total. The summed E-state index contributed by atoms with van der Waals surface area (Å²) in [6.45, 7) is 30.4. The van der Waals surface area contributed by atoms with Crippen molar-refractivity contribution in [2.24, 2.45) is 29.6 Å². The lowest BCUT2D eigenvalue weighted by Gasteiger charge is -2.31. The summed E-state index contributed by atoms with van der Waals surface area (Å²) in [6.07, 6.45) is 7.77. The fraction of sp³-hybridized carbons (Fsp3) is 0.707. The predicted octanol–water partition coefficient (Wildman–Crippen LogP) is 10.3. The Hall–Kier alpha value is -1.95. The van der Waals surface area contributed by atoms with Crippen molar-refractivity contribution in [3.05, 3.63) is 66.0 Å². The topological polar surface area (TPSA) is 24.9 Å². The molecule has 2 aliphatic rings. The zero-order chi connectivity index (χ0) is 34.2. The molecule has 4 rings (SSSR count). The number of para-hydroxylation sites is 1. The van der Waals surface area contributed by atoms with Crippen molar-refractivity contribution in [1.82, 2.24) is 9.80 Å². The van der Waals surface area contributed by atoms with Gasteiger partial charge in [0.15, 0.2) is 0 Å². The molecule has 0 N–H and O–H groups in total. The lowest BCUT2D eigenvalue weighted by molar-refractivity contribution is 0.0360. The summed E-state index contributed by atoms with van der Waals surface area (Å²) in [7, 11) is 0. The van der Waals surface area contributed by atoms with E-state index in [1.54, 1.807) is 0 Å². The fourth-order valence-corrected chi connectivity index (χ4v) is 5.08. The molecule has 0 bridgehead atoms. The summed E-state index contributed by atoms with van der Waals surface area (Å²) in [6, 6.07) is 16.7. The van der Waals surface area contributed by atoms with Crippen molar-refractivity contribution >= 4 is 0 Å². The van der Waals surface area contributed by atoms with E-state index >= 15 is 0 Å². The molecule has 1 atom stereocenters. The zero-order valence-electron chi connectivity index (χ0n) is 31.3. The number of piperidine rings is 1. The average molecular weight is 643 g/mol. The normalized spacial score (nSPS) is 17.1. The van der Waals surface area contributed by atoms with Crippen molar-refractivity contribution in [2.45, 2.75) is 101 Å². The maximum absolute atomic E-state index is 12.5. The molecule has 2 aliphatic heterocycles. The Morgan fingerprint density at radius 1 is 0.717 bits per heavy atom. The Morgan fingerprint density at radius 2 is 1.28 bits per heavy atom. The van der Waals surface area contributed by atoms with Crippen LogP contribution in [-0.2, 0) is 11.2 Å². The molecule has 0 saturated carbocycles. The SMILES string of the molecule is CC(C)CCN1CCCC(C)C1.CC(C)CCN1CCOCC1.CC(C)CCc1ccc(F)cc1.CC(C)COc1ccccc1. The Kier molecular flexibility index (Phi) is 23.8. The zero-order valence-corrected chi connectivity index (χ0v) is 31.3. The van der Waals surface area contributed by atoms with Crippen LogP contribution in [0.5, 0.6) is 5.75 Å². The molecule has 0 radical (unpaired) electrons. The largest absolute Gasteiger partial charge is 0.493 e. The lowest BCUT2D eigenvalue weighted by atomic mass is 9.99. The second-order valence-electron chi connectivity index (χ2n) is 14.9. The van der Waals surface area contributed by atoms with E-state index in [1.807, 2.05) is 42.5 Å². The first-order valence-electron chi connectivity index (χ1n) is 18.4. The van der Waals surface area contributed by atoms with Gasteiger partial charge in [0.05, 0.1) is 19.8 Å². The maximum Gasteiger partial charge on any atom is 0.123 e. The third kappa shape index (κ3) is 24.3. The first-order valence-corrected chi connectivity index (χ1v) is 18.4. The molecule has 0 aromatic heterocycles. The van der Waals surface area contributed by atoms with Gasteiger partial charge in [-0.3, -0.25) is 4.90 Å². The minimum absolute atomic E-state index is 0.150. The minimum Gasteiger partial charge on any atom is -0.493 e. The molecule has 2 aromatic carbocycles. The van der Waals surface area contributed by atoms with E-state index < -0.39 is 0 Å². The summed E-state index contributed by atoms with van der Waals surface area (Å²) >= 11 is 0. The summed E-state index contributed by atoms with van der Waals surface area (Å²) in [5.41, 5.74) is 1.23. The van der Waals surface area contributed by atoms with Gasteiger partial charge in [-0.25, -0.2) is 4.39 Å². The lowest BCUT2D eigenvalue weighted by Crippen LogP contribution is -2.37. The van der Waals surface area contributed by atoms with Crippen LogP contribution in [0.25, 0.3) is 0 Å². The number of nitrogens with zero attached hydrogens (tertiary/aromatic N) is 2. The molecule has 2 fully saturated rings. The highest BCUT2D eigenvalue weighted by molar-refractivity contribution is 5.20. The third-order valence-electron chi connectivity index (χ3n) is 8.14. The van der Waals surface area contributed by atoms with Crippen molar-refractivity contribution in [1.29, 1.82) is 0 Å². The van der Waals surface area contributed by atoms with Gasteiger partial charge in [-0.15, -0.1) is 0 Å². The second-order valence-corrected chi connectivity index (χ2v) is 14.9. The number of aryl methyl sites for hydroxylation is 1. The number of rotatable bonds is 12. The average Bonchev–Trinajstić information content (AvgIpc) is 3.03. The van der Waals surface area contributed by atoms with E-state index in [9.17, 15) is 4.39 Å². The van der Waals surface area contributed by atoms with Gasteiger partial charge >= 0.3 is 0 Å². The van der Waals surface area contributed by atoms with Crippen LogP contribution in [0.3, 0.4) is 0 Å². The Balaban J connectivity index is 0.000000307.